The molecule has 0 fully saturated rings. The van der Waals surface area contributed by atoms with E-state index in [4.69, 9.17) is 0 Å². The molecule has 5 rings (SSSR count). The van der Waals surface area contributed by atoms with Gasteiger partial charge in [-0.05, 0) is 49.4 Å². The Kier molecular flexibility index (Phi) is 4.66. The number of aryl methyl sites for hydroxylation is 1. The number of anilines is 1. The molecule has 32 heavy (non-hydrogen) atoms. The molecule has 0 aliphatic heterocycles. The molecular weight excluding hydrogens is 416 g/mol. The maximum atomic E-state index is 13.5. The van der Waals surface area contributed by atoms with Gasteiger partial charge >= 0.3 is 0 Å². The van der Waals surface area contributed by atoms with Crippen molar-refractivity contribution in [1.29, 1.82) is 0 Å². The van der Waals surface area contributed by atoms with E-state index in [1.807, 2.05) is 0 Å². The van der Waals surface area contributed by atoms with Crippen LogP contribution in [-0.4, -0.2) is 35.4 Å². The summed E-state index contributed by atoms with van der Waals surface area (Å²) in [6.45, 7) is 1.77. The van der Waals surface area contributed by atoms with Crippen LogP contribution in [0.15, 0.2) is 67.1 Å². The summed E-state index contributed by atoms with van der Waals surface area (Å²) in [7, 11) is 0. The second-order valence-corrected chi connectivity index (χ2v) is 7.01. The van der Waals surface area contributed by atoms with Crippen LogP contribution in [0.5, 0.6) is 0 Å². The lowest BCUT2D eigenvalue weighted by molar-refractivity contribution is 0.102. The monoisotopic (exact) mass is 431 g/mol. The number of carbonyl (C=O) groups is 1. The van der Waals surface area contributed by atoms with Crippen LogP contribution in [0.2, 0.25) is 0 Å². The van der Waals surface area contributed by atoms with Crippen molar-refractivity contribution in [2.45, 2.75) is 6.92 Å². The van der Waals surface area contributed by atoms with Gasteiger partial charge in [-0.25, -0.2) is 23.4 Å². The predicted octanol–water partition coefficient (Wildman–Crippen LogP) is 3.84. The van der Waals surface area contributed by atoms with Crippen molar-refractivity contribution in [3.63, 3.8) is 0 Å². The minimum atomic E-state index is -0.506. The maximum absolute atomic E-state index is 13.5. The summed E-state index contributed by atoms with van der Waals surface area (Å²) in [6, 6.07) is 12.9. The van der Waals surface area contributed by atoms with Crippen LogP contribution in [0.25, 0.3) is 22.5 Å². The Bertz CT molecular complexity index is 1460. The van der Waals surface area contributed by atoms with Gasteiger partial charge in [0.2, 0.25) is 0 Å². The van der Waals surface area contributed by atoms with Gasteiger partial charge in [0, 0.05) is 11.6 Å². The molecule has 0 saturated heterocycles. The quantitative estimate of drug-likeness (QED) is 0.467. The Morgan fingerprint density at radius 2 is 1.78 bits per heavy atom. The summed E-state index contributed by atoms with van der Waals surface area (Å²) in [5, 5.41) is 12.1. The summed E-state index contributed by atoms with van der Waals surface area (Å²) < 4.78 is 29.8. The number of hydrogen-bond donors (Lipinski definition) is 1. The molecule has 0 atom stereocenters. The fourth-order valence-corrected chi connectivity index (χ4v) is 3.34. The smallest absolute Gasteiger partial charge is 0.256 e. The van der Waals surface area contributed by atoms with E-state index in [2.05, 4.69) is 25.5 Å². The molecule has 3 aromatic heterocycles. The van der Waals surface area contributed by atoms with Gasteiger partial charge in [0.25, 0.3) is 5.91 Å². The number of carbonyl (C=O) groups excluding carboxylic acids is 1. The van der Waals surface area contributed by atoms with E-state index in [1.54, 1.807) is 36.0 Å². The van der Waals surface area contributed by atoms with E-state index in [0.717, 1.165) is 6.07 Å². The van der Waals surface area contributed by atoms with Gasteiger partial charge in [0.15, 0.2) is 11.5 Å². The largest absolute Gasteiger partial charge is 0.306 e. The molecule has 0 saturated carbocycles. The van der Waals surface area contributed by atoms with Crippen molar-refractivity contribution in [2.75, 3.05) is 5.32 Å². The molecule has 5 aromatic rings. The predicted molar refractivity (Wildman–Crippen MR) is 113 cm³/mol. The van der Waals surface area contributed by atoms with Gasteiger partial charge in [0.1, 0.15) is 23.8 Å². The van der Waals surface area contributed by atoms with Gasteiger partial charge in [-0.3, -0.25) is 4.79 Å². The van der Waals surface area contributed by atoms with Crippen molar-refractivity contribution < 1.29 is 13.6 Å². The number of aromatic nitrogens is 6. The zero-order chi connectivity index (χ0) is 22.2. The highest BCUT2D eigenvalue weighted by Gasteiger charge is 2.18. The Labute approximate surface area is 180 Å². The van der Waals surface area contributed by atoms with Crippen molar-refractivity contribution >= 4 is 22.8 Å². The van der Waals surface area contributed by atoms with Crippen LogP contribution in [0.3, 0.4) is 0 Å². The standard InChI is InChI=1S/C22H15F2N7O/c1-13-9-19(28-22(32)14-3-2-4-16(24)10-14)31(29-13)21-18-11-27-30(20(18)25-12-26-21)17-7-5-15(23)6-8-17/h2-12H,1H3,(H,28,32). The van der Waals surface area contributed by atoms with E-state index in [1.165, 1.54) is 41.3 Å². The SMILES string of the molecule is Cc1cc(NC(=O)c2cccc(F)c2)n(-c2ncnc3c2cnn3-c2ccc(F)cc2)n1. The molecule has 0 bridgehead atoms. The summed E-state index contributed by atoms with van der Waals surface area (Å²) >= 11 is 0. The molecule has 0 aliphatic carbocycles. The first-order valence-corrected chi connectivity index (χ1v) is 9.58. The van der Waals surface area contributed by atoms with Crippen LogP contribution < -0.4 is 5.32 Å². The normalized spacial score (nSPS) is 11.1. The van der Waals surface area contributed by atoms with E-state index >= 15 is 0 Å². The molecule has 1 N–H and O–H groups in total. The van der Waals surface area contributed by atoms with Gasteiger partial charge in [0.05, 0.1) is 23.0 Å². The van der Waals surface area contributed by atoms with E-state index < -0.39 is 11.7 Å². The average Bonchev–Trinajstić information content (AvgIpc) is 3.37. The van der Waals surface area contributed by atoms with Gasteiger partial charge in [-0.2, -0.15) is 14.9 Å². The number of benzene rings is 2. The van der Waals surface area contributed by atoms with Crippen molar-refractivity contribution in [2.24, 2.45) is 0 Å². The minimum absolute atomic E-state index is 0.173. The zero-order valence-electron chi connectivity index (χ0n) is 16.7. The van der Waals surface area contributed by atoms with Crippen LogP contribution >= 0.6 is 0 Å². The molecule has 10 heteroatoms. The highest BCUT2D eigenvalue weighted by Crippen LogP contribution is 2.24. The van der Waals surface area contributed by atoms with E-state index in [9.17, 15) is 13.6 Å². The average molecular weight is 431 g/mol. The lowest BCUT2D eigenvalue weighted by Crippen LogP contribution is -2.16. The first-order chi connectivity index (χ1) is 15.5. The van der Waals surface area contributed by atoms with Crippen LogP contribution in [-0.2, 0) is 0 Å². The third-order valence-electron chi connectivity index (χ3n) is 4.78. The van der Waals surface area contributed by atoms with Crippen molar-refractivity contribution in [1.82, 2.24) is 29.5 Å². The molecule has 0 aliphatic rings. The Morgan fingerprint density at radius 1 is 0.969 bits per heavy atom. The number of amides is 1. The summed E-state index contributed by atoms with van der Waals surface area (Å²) in [5.41, 5.74) is 1.92. The first-order valence-electron chi connectivity index (χ1n) is 9.58. The van der Waals surface area contributed by atoms with Crippen LogP contribution in [0.4, 0.5) is 14.6 Å². The zero-order valence-corrected chi connectivity index (χ0v) is 16.7. The molecule has 2 aromatic carbocycles. The van der Waals surface area contributed by atoms with Gasteiger partial charge in [-0.15, -0.1) is 0 Å². The fourth-order valence-electron chi connectivity index (χ4n) is 3.34. The Balaban J connectivity index is 1.56. The number of halogens is 2. The third-order valence-corrected chi connectivity index (χ3v) is 4.78. The number of rotatable bonds is 4. The molecule has 0 unspecified atom stereocenters. The lowest BCUT2D eigenvalue weighted by atomic mass is 10.2. The lowest BCUT2D eigenvalue weighted by Gasteiger charge is -2.09. The highest BCUT2D eigenvalue weighted by atomic mass is 19.1. The number of hydrogen-bond acceptors (Lipinski definition) is 5. The molecule has 1 amide bonds. The van der Waals surface area contributed by atoms with E-state index in [-0.39, 0.29) is 11.4 Å². The highest BCUT2D eigenvalue weighted by molar-refractivity contribution is 6.04. The summed E-state index contributed by atoms with van der Waals surface area (Å²) in [6.07, 6.45) is 2.93. The Morgan fingerprint density at radius 3 is 2.56 bits per heavy atom. The topological polar surface area (TPSA) is 90.5 Å². The van der Waals surface area contributed by atoms with Gasteiger partial charge in [-0.1, -0.05) is 6.07 Å². The molecule has 0 spiro atoms. The Hall–Kier alpha value is -4.47. The van der Waals surface area contributed by atoms with E-state index in [0.29, 0.717) is 34.1 Å². The number of nitrogens with one attached hydrogen (secondary N) is 1. The number of fused-ring (bicyclic) bond motifs is 1. The third kappa shape index (κ3) is 3.47. The maximum Gasteiger partial charge on any atom is 0.256 e. The minimum Gasteiger partial charge on any atom is -0.306 e. The fraction of sp³-hybridized carbons (Fsp3) is 0.0455. The molecule has 0 radical (unpaired) electrons. The van der Waals surface area contributed by atoms with Crippen molar-refractivity contribution in [3.05, 3.63) is 90.0 Å². The molecular formula is C22H15F2N7O. The second kappa shape index (κ2) is 7.65. The van der Waals surface area contributed by atoms with Crippen LogP contribution in [0.1, 0.15) is 16.1 Å². The van der Waals surface area contributed by atoms with Gasteiger partial charge < -0.3 is 5.32 Å². The summed E-state index contributed by atoms with van der Waals surface area (Å²) in [4.78, 5) is 21.3. The second-order valence-electron chi connectivity index (χ2n) is 7.01. The molecule has 3 heterocycles. The summed E-state index contributed by atoms with van der Waals surface area (Å²) in [5.74, 6) is -0.602. The van der Waals surface area contributed by atoms with Crippen LogP contribution in [0, 0.1) is 18.6 Å². The number of nitrogens with zero attached hydrogens (tertiary/aromatic N) is 6. The first kappa shape index (κ1) is 19.5. The molecule has 8 nitrogen and oxygen atoms in total. The molecule has 158 valence electrons. The van der Waals surface area contributed by atoms with Crippen molar-refractivity contribution in [3.8, 4) is 11.5 Å².